The Kier molecular flexibility index (Phi) is 35.1. The van der Waals surface area contributed by atoms with E-state index in [4.69, 9.17) is 23.1 Å². The van der Waals surface area contributed by atoms with Gasteiger partial charge in [-0.2, -0.15) is 0 Å². The number of ketones is 1. The molecule has 0 saturated heterocycles. The Labute approximate surface area is 463 Å². The van der Waals surface area contributed by atoms with Crippen LogP contribution >= 0.6 is 0 Å². The first-order valence-electron chi connectivity index (χ1n) is 19.1. The van der Waals surface area contributed by atoms with E-state index in [0.29, 0.717) is 23.1 Å². The number of ether oxygens (including phenoxy) is 3. The van der Waals surface area contributed by atoms with E-state index in [9.17, 15) is 24.0 Å². The van der Waals surface area contributed by atoms with Crippen LogP contribution in [0.4, 0.5) is 0 Å². The van der Waals surface area contributed by atoms with E-state index in [1.807, 2.05) is 12.1 Å². The zero-order valence-corrected chi connectivity index (χ0v) is 47.8. The minimum atomic E-state index is -1.44. The van der Waals surface area contributed by atoms with Gasteiger partial charge < -0.3 is 23.1 Å². The van der Waals surface area contributed by atoms with Gasteiger partial charge in [0.05, 0.1) is 19.0 Å². The number of para-hydroxylation sites is 2. The summed E-state index contributed by atoms with van der Waals surface area (Å²) in [5.41, 5.74) is 0.447. The fourth-order valence-corrected chi connectivity index (χ4v) is 8.97. The van der Waals surface area contributed by atoms with Gasteiger partial charge in [-0.1, -0.05) is 61.9 Å². The number of hydrogen-bond acceptors (Lipinski definition) is 10. The summed E-state index contributed by atoms with van der Waals surface area (Å²) in [5, 5.41) is 0.699. The van der Waals surface area contributed by atoms with Gasteiger partial charge in [0.1, 0.15) is 22.7 Å². The topological polar surface area (TPSA) is 135 Å². The van der Waals surface area contributed by atoms with Crippen LogP contribution in [-0.4, -0.2) is 45.2 Å². The van der Waals surface area contributed by atoms with Crippen LogP contribution in [0.2, 0.25) is 19.6 Å². The van der Waals surface area contributed by atoms with Crippen molar-refractivity contribution in [2.24, 2.45) is 17.3 Å². The Hall–Kier alpha value is -0.0978. The fourth-order valence-electron chi connectivity index (χ4n) is 8.09. The van der Waals surface area contributed by atoms with E-state index < -0.39 is 43.2 Å². The van der Waals surface area contributed by atoms with Gasteiger partial charge in [-0.25, -0.2) is 9.59 Å². The summed E-state index contributed by atoms with van der Waals surface area (Å²) in [6.45, 7) is 14.4. The maximum Gasteiger partial charge on any atom is 0.351 e. The van der Waals surface area contributed by atoms with E-state index in [0.717, 1.165) is 37.0 Å². The predicted molar refractivity (Wildman–Crippen MR) is 210 cm³/mol. The second-order valence-electron chi connectivity index (χ2n) is 15.1. The third-order valence-electron chi connectivity index (χ3n) is 10.4. The molecule has 2 saturated carbocycles. The molecule has 8 radical (unpaired) electrons. The standard InChI is InChI=1S/C20H22O5.C12H10O4.C11H20OSi.8V.H2/c1-2-24-18(22)20-14-9-5-3-7-12(14)16(21)11-15(20)13-8-4-6-10-17(13)25-19(20)23;1-2-15-11(13)9-7-8-5-3-4-6-10(8)16-12(9)14;1-10(12-13(2,3)4)11-8-6-5-7-9-11;;;;;;;;;/h4,6,8,10,12,14-15H,2-3,5,7,9,11H2,1H3;3-7H,2H2,1H3;8H,1,5-7,9H2,2-4H3;;;;;;;;;1H. The molecule has 62 heavy (non-hydrogen) atoms. The summed E-state index contributed by atoms with van der Waals surface area (Å²) in [6.07, 6.45) is 10.8. The SMILES string of the molecule is C=C(O[Si](C)(C)C)C1=CCCCC1.CCOC(=O)C12C(=O)Oc3ccccc3C1CC(=O)C1CCCCC12.CCOC(=O)c1cc2ccccc2oc1=O.[HH].[V].[V].[V].[V].[V].[V].[V].[V]. The van der Waals surface area contributed by atoms with Crippen molar-refractivity contribution >= 4 is 43.0 Å². The number of allylic oxidation sites excluding steroid dienone is 2. The Balaban J connectivity index is -0.000000263. The molecule has 1 aliphatic heterocycles. The molecule has 2 fully saturated rings. The van der Waals surface area contributed by atoms with E-state index >= 15 is 0 Å². The molecule has 19 heteroatoms. The number of Topliss-reactive ketones (excluding diaryl/α,β-unsaturated/α-hetero) is 1. The van der Waals surface area contributed by atoms with Crippen LogP contribution < -0.4 is 10.4 Å². The Morgan fingerprint density at radius 1 is 0.823 bits per heavy atom. The average Bonchev–Trinajstić information content (AvgIpc) is 3.15. The molecule has 0 amide bonds. The summed E-state index contributed by atoms with van der Waals surface area (Å²) < 4.78 is 26.6. The molecule has 1 aromatic heterocycles. The van der Waals surface area contributed by atoms with Crippen LogP contribution in [0.5, 0.6) is 5.75 Å². The van der Waals surface area contributed by atoms with Crippen LogP contribution in [-0.2, 0) is 177 Å². The van der Waals surface area contributed by atoms with Crippen LogP contribution in [0.15, 0.2) is 87.8 Å². The van der Waals surface area contributed by atoms with Gasteiger partial charge in [0.25, 0.3) is 0 Å². The van der Waals surface area contributed by atoms with Crippen molar-refractivity contribution < 1.29 is 192 Å². The van der Waals surface area contributed by atoms with E-state index in [1.54, 1.807) is 50.2 Å². The number of rotatable bonds is 7. The number of carbonyl (C=O) groups excluding carboxylic acids is 4. The Morgan fingerprint density at radius 3 is 2.05 bits per heavy atom. The maximum absolute atomic E-state index is 13.2. The van der Waals surface area contributed by atoms with Gasteiger partial charge in [0.2, 0.25) is 8.32 Å². The van der Waals surface area contributed by atoms with Gasteiger partial charge in [0, 0.05) is 179 Å². The summed E-state index contributed by atoms with van der Waals surface area (Å²) >= 11 is 0. The number of fused-ring (bicyclic) bond motifs is 6. The predicted octanol–water partition coefficient (Wildman–Crippen LogP) is 9.07. The molecule has 2 aromatic carbocycles. The third-order valence-corrected chi connectivity index (χ3v) is 11.2. The monoisotopic (exact) mass is 1170 g/mol. The minimum Gasteiger partial charge on any atom is -0.545 e. The van der Waals surface area contributed by atoms with Crippen LogP contribution in [0.3, 0.4) is 0 Å². The fraction of sp³-hybridized carbons (Fsp3) is 0.465. The quantitative estimate of drug-likeness (QED) is 0.0563. The first-order chi connectivity index (χ1) is 25.8. The van der Waals surface area contributed by atoms with Crippen LogP contribution in [0.1, 0.15) is 94.9 Å². The molecule has 10 nitrogen and oxygen atoms in total. The van der Waals surface area contributed by atoms with Crippen LogP contribution in [0.25, 0.3) is 11.0 Å². The van der Waals surface area contributed by atoms with E-state index in [1.165, 1.54) is 30.9 Å². The van der Waals surface area contributed by atoms with Gasteiger partial charge in [-0.05, 0) is 102 Å². The van der Waals surface area contributed by atoms with Crippen molar-refractivity contribution in [1.82, 2.24) is 0 Å². The molecule has 0 N–H and O–H groups in total. The van der Waals surface area contributed by atoms with Crippen molar-refractivity contribution in [3.8, 4) is 5.75 Å². The van der Waals surface area contributed by atoms with Crippen molar-refractivity contribution in [3.05, 3.63) is 100 Å². The first-order valence-corrected chi connectivity index (χ1v) is 22.5. The normalized spacial score (nSPS) is 20.0. The molecule has 2 heterocycles. The molecule has 7 rings (SSSR count). The number of benzene rings is 2. The number of carbonyl (C=O) groups is 4. The van der Waals surface area contributed by atoms with Gasteiger partial charge in [-0.15, -0.1) is 0 Å². The Bertz CT molecular complexity index is 2010. The summed E-state index contributed by atoms with van der Waals surface area (Å²) in [5.74, 6) is -1.22. The molecule has 0 bridgehead atoms. The molecule has 330 valence electrons. The zero-order chi connectivity index (χ0) is 39.0. The maximum atomic E-state index is 13.2. The van der Waals surface area contributed by atoms with Gasteiger partial charge in [0.15, 0.2) is 5.41 Å². The van der Waals surface area contributed by atoms with Gasteiger partial charge >= 0.3 is 23.5 Å². The second-order valence-corrected chi connectivity index (χ2v) is 19.5. The minimum absolute atomic E-state index is 0. The molecule has 4 unspecified atom stereocenters. The second kappa shape index (κ2) is 31.8. The Morgan fingerprint density at radius 2 is 1.44 bits per heavy atom. The molecule has 3 aliphatic carbocycles. The van der Waals surface area contributed by atoms with E-state index in [-0.39, 0.29) is 193 Å². The van der Waals surface area contributed by atoms with Gasteiger partial charge in [-0.3, -0.25) is 14.4 Å². The average molecular weight is 1170 g/mol. The van der Waals surface area contributed by atoms with E-state index in [2.05, 4.69) is 32.3 Å². The van der Waals surface area contributed by atoms with Crippen LogP contribution in [0, 0.1) is 17.3 Å². The molecular formula is C43H54O10SiV8. The summed E-state index contributed by atoms with van der Waals surface area (Å²) in [7, 11) is -1.44. The molecule has 4 aliphatic rings. The molecule has 4 atom stereocenters. The number of esters is 3. The van der Waals surface area contributed by atoms with Crippen molar-refractivity contribution in [2.75, 3.05) is 13.2 Å². The molecule has 3 aromatic rings. The molecular weight excluding hydrogens is 1110 g/mol. The largest absolute Gasteiger partial charge is 0.545 e. The summed E-state index contributed by atoms with van der Waals surface area (Å²) in [4.78, 5) is 62.0. The molecule has 0 spiro atoms. The summed E-state index contributed by atoms with van der Waals surface area (Å²) in [6, 6.07) is 15.7. The third kappa shape index (κ3) is 16.6. The van der Waals surface area contributed by atoms with Crippen molar-refractivity contribution in [2.45, 2.75) is 97.2 Å². The van der Waals surface area contributed by atoms with Crippen molar-refractivity contribution in [1.29, 1.82) is 0 Å². The number of hydrogen-bond donors (Lipinski definition) is 0. The zero-order valence-electron chi connectivity index (χ0n) is 35.7. The van der Waals surface area contributed by atoms with Crippen molar-refractivity contribution in [3.63, 3.8) is 0 Å². The smallest absolute Gasteiger partial charge is 0.351 e. The first kappa shape index (κ1) is 68.5.